The lowest BCUT2D eigenvalue weighted by molar-refractivity contribution is 0.0725. The summed E-state index contributed by atoms with van der Waals surface area (Å²) in [6, 6.07) is 14.5. The number of sulfone groups is 1. The highest BCUT2D eigenvalue weighted by atomic mass is 32.2. The molecule has 1 amide bonds. The molecule has 0 aromatic heterocycles. The van der Waals surface area contributed by atoms with Crippen LogP contribution in [0.25, 0.3) is 0 Å². The summed E-state index contributed by atoms with van der Waals surface area (Å²) in [6.07, 6.45) is 3.54. The molecule has 2 saturated heterocycles. The van der Waals surface area contributed by atoms with E-state index in [1.165, 1.54) is 16.4 Å². The van der Waals surface area contributed by atoms with Gasteiger partial charge in [-0.1, -0.05) is 24.6 Å². The smallest absolute Gasteiger partial charge is 0.253 e. The molecular formula is C23H28N2O5S2. The molecule has 7 nitrogen and oxygen atoms in total. The van der Waals surface area contributed by atoms with Crippen molar-refractivity contribution in [1.82, 2.24) is 9.21 Å². The predicted molar refractivity (Wildman–Crippen MR) is 122 cm³/mol. The van der Waals surface area contributed by atoms with E-state index in [2.05, 4.69) is 0 Å². The Balaban J connectivity index is 1.40. The lowest BCUT2D eigenvalue weighted by Gasteiger charge is -2.32. The molecule has 2 aliphatic heterocycles. The number of hydrogen-bond donors (Lipinski definition) is 0. The van der Waals surface area contributed by atoms with Gasteiger partial charge in [0.05, 0.1) is 15.0 Å². The maximum Gasteiger partial charge on any atom is 0.253 e. The van der Waals surface area contributed by atoms with Crippen LogP contribution in [0.2, 0.25) is 0 Å². The van der Waals surface area contributed by atoms with E-state index in [1.807, 2.05) is 0 Å². The Morgan fingerprint density at radius 2 is 1.31 bits per heavy atom. The summed E-state index contributed by atoms with van der Waals surface area (Å²) in [5.41, 5.74) is 0.409. The van der Waals surface area contributed by atoms with Crippen molar-refractivity contribution in [2.24, 2.45) is 0 Å². The minimum absolute atomic E-state index is 0.198. The van der Waals surface area contributed by atoms with Gasteiger partial charge in [0.15, 0.2) is 9.84 Å². The van der Waals surface area contributed by atoms with Crippen LogP contribution in [-0.2, 0) is 19.9 Å². The van der Waals surface area contributed by atoms with Gasteiger partial charge in [-0.25, -0.2) is 16.8 Å². The number of carbonyl (C=O) groups is 1. The molecule has 2 heterocycles. The van der Waals surface area contributed by atoms with E-state index in [9.17, 15) is 21.6 Å². The predicted octanol–water partition coefficient (Wildman–Crippen LogP) is 2.94. The van der Waals surface area contributed by atoms with Gasteiger partial charge in [0.1, 0.15) is 0 Å². The van der Waals surface area contributed by atoms with Crippen molar-refractivity contribution in [1.29, 1.82) is 0 Å². The summed E-state index contributed by atoms with van der Waals surface area (Å²) in [7, 11) is -6.96. The molecule has 2 aromatic rings. The van der Waals surface area contributed by atoms with E-state index in [0.29, 0.717) is 49.5 Å². The summed E-state index contributed by atoms with van der Waals surface area (Å²) in [5.74, 6) is -0.206. The average Bonchev–Trinajstić information content (AvgIpc) is 2.85. The normalized spacial score (nSPS) is 19.1. The Morgan fingerprint density at radius 1 is 0.719 bits per heavy atom. The fourth-order valence-corrected chi connectivity index (χ4v) is 7.65. The molecule has 172 valence electrons. The fraction of sp³-hybridized carbons (Fsp3) is 0.435. The van der Waals surface area contributed by atoms with Crippen molar-refractivity contribution in [2.75, 3.05) is 26.2 Å². The maximum atomic E-state index is 12.9. The molecule has 2 aliphatic rings. The van der Waals surface area contributed by atoms with Gasteiger partial charge in [0.25, 0.3) is 5.91 Å². The van der Waals surface area contributed by atoms with Gasteiger partial charge in [-0.3, -0.25) is 4.79 Å². The van der Waals surface area contributed by atoms with Crippen LogP contribution in [0, 0.1) is 0 Å². The monoisotopic (exact) mass is 476 g/mol. The zero-order chi connectivity index (χ0) is 22.8. The van der Waals surface area contributed by atoms with Crippen LogP contribution in [0.5, 0.6) is 0 Å². The number of nitrogens with zero attached hydrogens (tertiary/aromatic N) is 2. The number of benzene rings is 2. The molecule has 0 N–H and O–H groups in total. The topological polar surface area (TPSA) is 91.8 Å². The molecule has 0 bridgehead atoms. The lowest BCUT2D eigenvalue weighted by Crippen LogP contribution is -2.42. The molecule has 2 aromatic carbocycles. The Morgan fingerprint density at radius 3 is 1.91 bits per heavy atom. The van der Waals surface area contributed by atoms with Crippen molar-refractivity contribution in [2.45, 2.75) is 47.1 Å². The number of carbonyl (C=O) groups excluding carboxylic acids is 1. The van der Waals surface area contributed by atoms with E-state index in [4.69, 9.17) is 0 Å². The quantitative estimate of drug-likeness (QED) is 0.662. The summed E-state index contributed by atoms with van der Waals surface area (Å²) in [5, 5.41) is -0.508. The molecule has 9 heteroatoms. The Hall–Kier alpha value is -2.23. The van der Waals surface area contributed by atoms with Crippen LogP contribution in [0.4, 0.5) is 0 Å². The molecule has 4 rings (SSSR count). The summed E-state index contributed by atoms with van der Waals surface area (Å²) in [4.78, 5) is 15.1. The van der Waals surface area contributed by atoms with Crippen LogP contribution in [0.15, 0.2) is 64.4 Å². The first-order chi connectivity index (χ1) is 15.3. The second-order valence-corrected chi connectivity index (χ2v) is 12.5. The highest BCUT2D eigenvalue weighted by molar-refractivity contribution is 7.92. The second kappa shape index (κ2) is 9.33. The molecule has 0 spiro atoms. The lowest BCUT2D eigenvalue weighted by atomic mass is 10.1. The van der Waals surface area contributed by atoms with E-state index in [1.54, 1.807) is 47.4 Å². The van der Waals surface area contributed by atoms with E-state index in [-0.39, 0.29) is 10.8 Å². The third-order valence-electron chi connectivity index (χ3n) is 6.29. The van der Waals surface area contributed by atoms with Crippen molar-refractivity contribution < 1.29 is 21.6 Å². The number of sulfonamides is 1. The van der Waals surface area contributed by atoms with Crippen LogP contribution in [0.1, 0.15) is 42.5 Å². The van der Waals surface area contributed by atoms with Crippen molar-refractivity contribution >= 4 is 25.8 Å². The van der Waals surface area contributed by atoms with E-state index >= 15 is 0 Å². The SMILES string of the molecule is O=C(c1ccc(S(=O)(=O)N2CCCCC2)cc1)N1CCC(S(=O)(=O)c2ccccc2)CC1. The largest absolute Gasteiger partial charge is 0.339 e. The Labute approximate surface area is 190 Å². The standard InChI is InChI=1S/C23H28N2O5S2/c26-23(19-9-11-22(12-10-19)32(29,30)25-15-5-2-6-16-25)24-17-13-21(14-18-24)31(27,28)20-7-3-1-4-8-20/h1,3-4,7-12,21H,2,5-6,13-18H2. The van der Waals surface area contributed by atoms with Crippen LogP contribution in [0.3, 0.4) is 0 Å². The Bertz CT molecular complexity index is 1150. The molecule has 0 aliphatic carbocycles. The first-order valence-corrected chi connectivity index (χ1v) is 14.0. The first-order valence-electron chi connectivity index (χ1n) is 11.0. The van der Waals surface area contributed by atoms with Crippen molar-refractivity contribution in [3.05, 3.63) is 60.2 Å². The number of piperidine rings is 2. The molecule has 0 unspecified atom stereocenters. The zero-order valence-corrected chi connectivity index (χ0v) is 19.5. The zero-order valence-electron chi connectivity index (χ0n) is 17.9. The van der Waals surface area contributed by atoms with Gasteiger partial charge in [-0.05, 0) is 62.1 Å². The molecule has 0 saturated carbocycles. The molecule has 0 atom stereocenters. The van der Waals surface area contributed by atoms with E-state index < -0.39 is 25.1 Å². The Kier molecular flexibility index (Phi) is 6.69. The van der Waals surface area contributed by atoms with Crippen LogP contribution in [-0.4, -0.2) is 63.4 Å². The van der Waals surface area contributed by atoms with Gasteiger partial charge in [-0.2, -0.15) is 4.31 Å². The highest BCUT2D eigenvalue weighted by Gasteiger charge is 2.33. The van der Waals surface area contributed by atoms with Crippen LogP contribution < -0.4 is 0 Å². The minimum Gasteiger partial charge on any atom is -0.339 e. The number of likely N-dealkylation sites (tertiary alicyclic amines) is 1. The van der Waals surface area contributed by atoms with Gasteiger partial charge < -0.3 is 4.90 Å². The minimum atomic E-state index is -3.54. The van der Waals surface area contributed by atoms with Gasteiger partial charge >= 0.3 is 0 Å². The van der Waals surface area contributed by atoms with Crippen molar-refractivity contribution in [3.63, 3.8) is 0 Å². The molecular weight excluding hydrogens is 448 g/mol. The number of amides is 1. The molecule has 0 radical (unpaired) electrons. The maximum absolute atomic E-state index is 12.9. The summed E-state index contributed by atoms with van der Waals surface area (Å²) < 4.78 is 52.7. The number of hydrogen-bond acceptors (Lipinski definition) is 5. The van der Waals surface area contributed by atoms with Gasteiger partial charge in [0, 0.05) is 31.7 Å². The van der Waals surface area contributed by atoms with Crippen molar-refractivity contribution in [3.8, 4) is 0 Å². The number of rotatable bonds is 5. The highest BCUT2D eigenvalue weighted by Crippen LogP contribution is 2.26. The third-order valence-corrected chi connectivity index (χ3v) is 10.5. The van der Waals surface area contributed by atoms with Gasteiger partial charge in [0.2, 0.25) is 10.0 Å². The summed E-state index contributed by atoms with van der Waals surface area (Å²) >= 11 is 0. The fourth-order valence-electron chi connectivity index (χ4n) is 4.38. The molecule has 32 heavy (non-hydrogen) atoms. The average molecular weight is 477 g/mol. The molecule has 2 fully saturated rings. The van der Waals surface area contributed by atoms with E-state index in [0.717, 1.165) is 19.3 Å². The van der Waals surface area contributed by atoms with Gasteiger partial charge in [-0.15, -0.1) is 0 Å². The second-order valence-electron chi connectivity index (χ2n) is 8.34. The summed E-state index contributed by atoms with van der Waals surface area (Å²) in [6.45, 7) is 1.76. The first kappa shape index (κ1) is 22.9. The third kappa shape index (κ3) is 4.60. The van der Waals surface area contributed by atoms with Crippen LogP contribution >= 0.6 is 0 Å².